The van der Waals surface area contributed by atoms with E-state index in [1.807, 2.05) is 0 Å². The van der Waals surface area contributed by atoms with Gasteiger partial charge in [0.2, 0.25) is 0 Å². The van der Waals surface area contributed by atoms with Crippen LogP contribution in [0.5, 0.6) is 17.2 Å². The molecule has 0 amide bonds. The number of phenolic OH excluding ortho intramolecular Hbond substituents is 3. The van der Waals surface area contributed by atoms with Crippen LogP contribution in [0.15, 0.2) is 6.07 Å². The molecule has 1 saturated heterocycles. The van der Waals surface area contributed by atoms with Crippen LogP contribution in [0.3, 0.4) is 0 Å². The first-order valence-electron chi connectivity index (χ1n) is 5.75. The van der Waals surface area contributed by atoms with Gasteiger partial charge in [-0.3, -0.25) is 0 Å². The van der Waals surface area contributed by atoms with Gasteiger partial charge in [-0.15, -0.1) is 0 Å². The Balaban J connectivity index is 2.24. The normalized spacial score (nSPS) is 20.4. The van der Waals surface area contributed by atoms with Crippen LogP contribution in [-0.2, 0) is 6.42 Å². The first-order valence-corrected chi connectivity index (χ1v) is 6.13. The Hall–Kier alpha value is -1.13. The van der Waals surface area contributed by atoms with Crippen molar-refractivity contribution in [2.24, 2.45) is 0 Å². The Morgan fingerprint density at radius 3 is 2.65 bits per heavy atom. The van der Waals surface area contributed by atoms with Gasteiger partial charge in [0.05, 0.1) is 5.02 Å². The summed E-state index contributed by atoms with van der Waals surface area (Å²) in [5.74, 6) is -0.773. The van der Waals surface area contributed by atoms with Crippen molar-refractivity contribution in [1.82, 2.24) is 5.32 Å². The minimum atomic E-state index is -0.335. The molecule has 0 saturated carbocycles. The fraction of sp³-hybridized carbons (Fsp3) is 0.500. The van der Waals surface area contributed by atoms with Gasteiger partial charge in [0.25, 0.3) is 0 Å². The van der Waals surface area contributed by atoms with Crippen LogP contribution in [0.25, 0.3) is 0 Å². The van der Waals surface area contributed by atoms with Crippen molar-refractivity contribution < 1.29 is 15.3 Å². The van der Waals surface area contributed by atoms with Crippen molar-refractivity contribution in [3.05, 3.63) is 16.7 Å². The van der Waals surface area contributed by atoms with Gasteiger partial charge in [-0.2, -0.15) is 0 Å². The van der Waals surface area contributed by atoms with E-state index in [1.165, 1.54) is 0 Å². The van der Waals surface area contributed by atoms with Gasteiger partial charge in [-0.05, 0) is 25.8 Å². The second-order valence-corrected chi connectivity index (χ2v) is 4.78. The molecule has 0 bridgehead atoms. The Morgan fingerprint density at radius 2 is 2.00 bits per heavy atom. The van der Waals surface area contributed by atoms with E-state index in [0.717, 1.165) is 31.9 Å². The molecule has 0 radical (unpaired) electrons. The van der Waals surface area contributed by atoms with E-state index >= 15 is 0 Å². The van der Waals surface area contributed by atoms with Gasteiger partial charge in [0.1, 0.15) is 5.75 Å². The minimum absolute atomic E-state index is 0.118. The highest BCUT2D eigenvalue weighted by Crippen LogP contribution is 2.41. The fourth-order valence-electron chi connectivity index (χ4n) is 2.21. The van der Waals surface area contributed by atoms with Crippen LogP contribution in [0.2, 0.25) is 5.02 Å². The maximum Gasteiger partial charge on any atom is 0.162 e. The molecule has 0 spiro atoms. The Kier molecular flexibility index (Phi) is 3.64. The number of rotatable bonds is 2. The zero-order chi connectivity index (χ0) is 12.4. The van der Waals surface area contributed by atoms with Crippen molar-refractivity contribution in [3.8, 4) is 17.2 Å². The summed E-state index contributed by atoms with van der Waals surface area (Å²) < 4.78 is 0. The lowest BCUT2D eigenvalue weighted by molar-refractivity contribution is 0.374. The third-order valence-corrected chi connectivity index (χ3v) is 3.58. The van der Waals surface area contributed by atoms with Gasteiger partial charge >= 0.3 is 0 Å². The molecule has 0 aliphatic carbocycles. The highest BCUT2D eigenvalue weighted by Gasteiger charge is 2.20. The molecule has 1 heterocycles. The third-order valence-electron chi connectivity index (χ3n) is 3.15. The largest absolute Gasteiger partial charge is 0.506 e. The van der Waals surface area contributed by atoms with Gasteiger partial charge in [-0.1, -0.05) is 18.0 Å². The summed E-state index contributed by atoms with van der Waals surface area (Å²) in [7, 11) is 0. The summed E-state index contributed by atoms with van der Waals surface area (Å²) in [6.07, 6.45) is 3.81. The Morgan fingerprint density at radius 1 is 1.24 bits per heavy atom. The molecule has 1 aromatic carbocycles. The molecule has 94 valence electrons. The predicted molar refractivity (Wildman–Crippen MR) is 65.8 cm³/mol. The Bertz CT molecular complexity index is 390. The summed E-state index contributed by atoms with van der Waals surface area (Å²) in [6.45, 7) is 0.952. The lowest BCUT2D eigenvalue weighted by atomic mass is 9.97. The topological polar surface area (TPSA) is 72.7 Å². The molecule has 0 aromatic heterocycles. The van der Waals surface area contributed by atoms with E-state index in [0.29, 0.717) is 12.0 Å². The second-order valence-electron chi connectivity index (χ2n) is 4.41. The van der Waals surface area contributed by atoms with Crippen molar-refractivity contribution in [3.63, 3.8) is 0 Å². The van der Waals surface area contributed by atoms with E-state index in [2.05, 4.69) is 5.32 Å². The lowest BCUT2D eigenvalue weighted by Crippen LogP contribution is -2.35. The first kappa shape index (κ1) is 12.3. The van der Waals surface area contributed by atoms with Gasteiger partial charge < -0.3 is 20.6 Å². The smallest absolute Gasteiger partial charge is 0.162 e. The van der Waals surface area contributed by atoms with Crippen molar-refractivity contribution >= 4 is 11.6 Å². The molecule has 1 aliphatic rings. The van der Waals surface area contributed by atoms with Crippen LogP contribution >= 0.6 is 11.6 Å². The molecule has 2 rings (SSSR count). The van der Waals surface area contributed by atoms with E-state index < -0.39 is 0 Å². The minimum Gasteiger partial charge on any atom is -0.506 e. The molecule has 1 aliphatic heterocycles. The van der Waals surface area contributed by atoms with Gasteiger partial charge in [-0.25, -0.2) is 0 Å². The zero-order valence-electron chi connectivity index (χ0n) is 9.41. The van der Waals surface area contributed by atoms with Crippen molar-refractivity contribution in [2.45, 2.75) is 31.7 Å². The van der Waals surface area contributed by atoms with Crippen LogP contribution < -0.4 is 5.32 Å². The average Bonchev–Trinajstić information content (AvgIpc) is 2.33. The summed E-state index contributed by atoms with van der Waals surface area (Å²) in [5.41, 5.74) is 0.406. The number of phenols is 3. The number of hydrogen-bond acceptors (Lipinski definition) is 4. The summed E-state index contributed by atoms with van der Waals surface area (Å²) in [6, 6.07) is 1.28. The molecular formula is C12H16ClNO3. The highest BCUT2D eigenvalue weighted by molar-refractivity contribution is 6.33. The molecular weight excluding hydrogens is 242 g/mol. The molecule has 1 unspecified atom stereocenters. The Labute approximate surface area is 105 Å². The maximum atomic E-state index is 9.76. The maximum absolute atomic E-state index is 9.76. The number of aromatic hydroxyl groups is 3. The summed E-state index contributed by atoms with van der Waals surface area (Å²) in [5, 5.41) is 32.2. The van der Waals surface area contributed by atoms with Crippen LogP contribution in [0, 0.1) is 0 Å². The van der Waals surface area contributed by atoms with E-state index in [4.69, 9.17) is 11.6 Å². The standard InChI is InChI=1S/C12H16ClNO3/c13-11-8(5-7-3-1-2-4-14-7)12(17)10(16)6-9(11)15/h6-7,14-17H,1-5H2. The van der Waals surface area contributed by atoms with Gasteiger partial charge in [0, 0.05) is 17.7 Å². The molecule has 5 heteroatoms. The number of hydrogen-bond donors (Lipinski definition) is 4. The molecule has 1 aromatic rings. The monoisotopic (exact) mass is 257 g/mol. The van der Waals surface area contributed by atoms with E-state index in [9.17, 15) is 15.3 Å². The predicted octanol–water partition coefficient (Wildman–Crippen LogP) is 2.14. The van der Waals surface area contributed by atoms with Crippen LogP contribution in [0.4, 0.5) is 0 Å². The first-order chi connectivity index (χ1) is 8.09. The van der Waals surface area contributed by atoms with Crippen LogP contribution in [-0.4, -0.2) is 27.9 Å². The molecule has 4 N–H and O–H groups in total. The third kappa shape index (κ3) is 2.58. The summed E-state index contributed by atoms with van der Waals surface area (Å²) in [4.78, 5) is 0. The molecule has 1 atom stereocenters. The quantitative estimate of drug-likeness (QED) is 0.484. The molecule has 4 nitrogen and oxygen atoms in total. The second kappa shape index (κ2) is 5.02. The van der Waals surface area contributed by atoms with Crippen molar-refractivity contribution in [1.29, 1.82) is 0 Å². The zero-order valence-corrected chi connectivity index (χ0v) is 10.2. The van der Waals surface area contributed by atoms with Crippen molar-refractivity contribution in [2.75, 3.05) is 6.54 Å². The number of benzene rings is 1. The average molecular weight is 258 g/mol. The number of piperidine rings is 1. The SMILES string of the molecule is Oc1cc(O)c(Cl)c(CC2CCCCN2)c1O. The van der Waals surface area contributed by atoms with Crippen LogP contribution in [0.1, 0.15) is 24.8 Å². The number of halogens is 1. The van der Waals surface area contributed by atoms with E-state index in [1.54, 1.807) is 0 Å². The highest BCUT2D eigenvalue weighted by atomic mass is 35.5. The molecule has 1 fully saturated rings. The van der Waals surface area contributed by atoms with E-state index in [-0.39, 0.29) is 28.3 Å². The lowest BCUT2D eigenvalue weighted by Gasteiger charge is -2.24. The van der Waals surface area contributed by atoms with Gasteiger partial charge in [0.15, 0.2) is 11.5 Å². The summed E-state index contributed by atoms with van der Waals surface area (Å²) >= 11 is 5.94. The number of nitrogens with one attached hydrogen (secondary N) is 1. The fourth-order valence-corrected chi connectivity index (χ4v) is 2.43. The molecule has 17 heavy (non-hydrogen) atoms.